The molecule has 3 aromatic rings. The minimum Gasteiger partial charge on any atom is -0.587 e. The molecule has 238 valence electrons. The van der Waals surface area contributed by atoms with Gasteiger partial charge < -0.3 is 19.9 Å². The summed E-state index contributed by atoms with van der Waals surface area (Å²) in [6, 6.07) is 8.42. The van der Waals surface area contributed by atoms with Crippen LogP contribution in [0.4, 0.5) is 23.4 Å². The summed E-state index contributed by atoms with van der Waals surface area (Å²) in [5.41, 5.74) is 3.84. The molecule has 3 aromatic heterocycles. The lowest BCUT2D eigenvalue weighted by Crippen LogP contribution is -2.41. The van der Waals surface area contributed by atoms with Crippen molar-refractivity contribution in [3.05, 3.63) is 54.1 Å². The van der Waals surface area contributed by atoms with Gasteiger partial charge in [-0.2, -0.15) is 27.3 Å². The van der Waals surface area contributed by atoms with Gasteiger partial charge in [0.25, 0.3) is 10.9 Å². The lowest BCUT2D eigenvalue weighted by molar-refractivity contribution is -0.190. The van der Waals surface area contributed by atoms with Crippen molar-refractivity contribution in [1.82, 2.24) is 24.5 Å². The van der Waals surface area contributed by atoms with Crippen molar-refractivity contribution in [2.24, 2.45) is 17.1 Å². The lowest BCUT2D eigenvalue weighted by Gasteiger charge is -2.33. The summed E-state index contributed by atoms with van der Waals surface area (Å²) in [6.07, 6.45) is -0.0213. The van der Waals surface area contributed by atoms with E-state index in [2.05, 4.69) is 14.8 Å². The zero-order chi connectivity index (χ0) is 31.7. The van der Waals surface area contributed by atoms with Gasteiger partial charge in [-0.25, -0.2) is 9.67 Å². The molecule has 1 saturated heterocycles. The first kappa shape index (κ1) is 32.0. The fourth-order valence-electron chi connectivity index (χ4n) is 5.68. The maximum Gasteiger partial charge on any atom is 0.394 e. The van der Waals surface area contributed by atoms with Crippen LogP contribution in [0.3, 0.4) is 0 Å². The molecular formula is C29H35F4N7O3S. The van der Waals surface area contributed by atoms with Crippen LogP contribution in [0.5, 0.6) is 5.88 Å². The molecule has 15 heteroatoms. The average Bonchev–Trinajstić information content (AvgIpc) is 3.52. The number of rotatable bonds is 12. The molecule has 1 saturated carbocycles. The van der Waals surface area contributed by atoms with Crippen molar-refractivity contribution in [3.63, 3.8) is 0 Å². The number of carbonyl (C=O) groups is 1. The predicted molar refractivity (Wildman–Crippen MR) is 155 cm³/mol. The van der Waals surface area contributed by atoms with Crippen LogP contribution in [-0.4, -0.2) is 61.6 Å². The molecule has 0 spiro atoms. The molecule has 2 aliphatic rings. The lowest BCUT2D eigenvalue weighted by atomic mass is 9.93. The van der Waals surface area contributed by atoms with Crippen molar-refractivity contribution in [2.75, 3.05) is 24.6 Å². The second-order valence-electron chi connectivity index (χ2n) is 11.9. The van der Waals surface area contributed by atoms with Gasteiger partial charge in [-0.1, -0.05) is 6.07 Å². The third-order valence-electron chi connectivity index (χ3n) is 8.29. The summed E-state index contributed by atoms with van der Waals surface area (Å²) in [7, 11) is 0. The van der Waals surface area contributed by atoms with Gasteiger partial charge in [-0.3, -0.25) is 4.79 Å². The molecule has 2 unspecified atom stereocenters. The second-order valence-corrected chi connectivity index (χ2v) is 13.1. The highest BCUT2D eigenvalue weighted by Crippen LogP contribution is 2.59. The molecule has 44 heavy (non-hydrogen) atoms. The summed E-state index contributed by atoms with van der Waals surface area (Å²) >= 11 is -2.13. The minimum absolute atomic E-state index is 0.104. The number of nitrogens with zero attached hydrogens (tertiary/aromatic N) is 5. The van der Waals surface area contributed by atoms with Gasteiger partial charge in [0.15, 0.2) is 5.82 Å². The van der Waals surface area contributed by atoms with Gasteiger partial charge in [-0.05, 0) is 83.0 Å². The predicted octanol–water partition coefficient (Wildman–Crippen LogP) is 4.71. The highest BCUT2D eigenvalue weighted by atomic mass is 32.2. The average molecular weight is 638 g/mol. The minimum atomic E-state index is -4.25. The number of alkyl halides is 3. The number of pyridine rings is 2. The Hall–Kier alpha value is -3.43. The number of carbonyl (C=O) groups excluding carboxylic acids is 1. The normalized spacial score (nSPS) is 19.5. The molecule has 10 nitrogen and oxygen atoms in total. The van der Waals surface area contributed by atoms with Crippen molar-refractivity contribution in [3.8, 4) is 11.7 Å². The highest BCUT2D eigenvalue weighted by Gasteiger charge is 2.62. The van der Waals surface area contributed by atoms with Gasteiger partial charge in [0.1, 0.15) is 17.2 Å². The summed E-state index contributed by atoms with van der Waals surface area (Å²) < 4.78 is 75.5. The Morgan fingerprint density at radius 2 is 1.98 bits per heavy atom. The number of anilines is 1. The fraction of sp³-hybridized carbons (Fsp3) is 0.517. The summed E-state index contributed by atoms with van der Waals surface area (Å²) in [5, 5.41) is 4.20. The number of nitrogens with one attached hydrogen (secondary N) is 1. The molecule has 1 aliphatic heterocycles. The molecule has 0 aromatic carbocycles. The molecule has 0 radical (unpaired) electrons. The fourth-order valence-corrected chi connectivity index (χ4v) is 6.44. The molecule has 1 aliphatic carbocycles. The van der Waals surface area contributed by atoms with Crippen molar-refractivity contribution in [2.45, 2.75) is 69.1 Å². The number of halogens is 4. The van der Waals surface area contributed by atoms with E-state index in [1.807, 2.05) is 18.7 Å². The van der Waals surface area contributed by atoms with Crippen LogP contribution in [0.1, 0.15) is 62.7 Å². The molecule has 5 rings (SSSR count). The SMILES string of the molecule is CC1(C)CC(CCCN)CN1c1nc(-n2ccc(OCCC3(C(F)(F)F)CC3)n2)ccc1C(=O)N[S+]([O-])c1cccc(F)n1. The Balaban J connectivity index is 1.39. The Morgan fingerprint density at radius 1 is 1.20 bits per heavy atom. The van der Waals surface area contributed by atoms with Crippen LogP contribution in [0.2, 0.25) is 0 Å². The van der Waals surface area contributed by atoms with Crippen LogP contribution in [0.15, 0.2) is 47.6 Å². The van der Waals surface area contributed by atoms with E-state index in [-0.39, 0.29) is 42.3 Å². The topological polar surface area (TPSA) is 134 Å². The van der Waals surface area contributed by atoms with E-state index >= 15 is 0 Å². The van der Waals surface area contributed by atoms with Crippen molar-refractivity contribution in [1.29, 1.82) is 0 Å². The largest absolute Gasteiger partial charge is 0.587 e. The van der Waals surface area contributed by atoms with Gasteiger partial charge in [0, 0.05) is 30.4 Å². The highest BCUT2D eigenvalue weighted by molar-refractivity contribution is 7.90. The third kappa shape index (κ3) is 6.94. The van der Waals surface area contributed by atoms with E-state index in [4.69, 9.17) is 15.5 Å². The van der Waals surface area contributed by atoms with E-state index in [0.29, 0.717) is 30.6 Å². The Kier molecular flexibility index (Phi) is 9.10. The van der Waals surface area contributed by atoms with Gasteiger partial charge in [-0.15, -0.1) is 5.10 Å². The monoisotopic (exact) mass is 637 g/mol. The Bertz CT molecular complexity index is 1480. The smallest absolute Gasteiger partial charge is 0.394 e. The van der Waals surface area contributed by atoms with E-state index < -0.39 is 40.3 Å². The number of hydrogen-bond acceptors (Lipinski definition) is 8. The molecule has 0 bridgehead atoms. The summed E-state index contributed by atoms with van der Waals surface area (Å²) in [5.74, 6) is -0.383. The molecular weight excluding hydrogens is 602 g/mol. The summed E-state index contributed by atoms with van der Waals surface area (Å²) in [4.78, 5) is 23.9. The summed E-state index contributed by atoms with van der Waals surface area (Å²) in [6.45, 7) is 5.14. The van der Waals surface area contributed by atoms with Crippen molar-refractivity contribution < 1.29 is 31.6 Å². The Morgan fingerprint density at radius 3 is 2.66 bits per heavy atom. The van der Waals surface area contributed by atoms with Gasteiger partial charge in [0.2, 0.25) is 11.8 Å². The molecule has 2 fully saturated rings. The van der Waals surface area contributed by atoms with Crippen LogP contribution in [-0.2, 0) is 11.4 Å². The zero-order valence-electron chi connectivity index (χ0n) is 24.4. The van der Waals surface area contributed by atoms with E-state index in [1.54, 1.807) is 12.3 Å². The van der Waals surface area contributed by atoms with Crippen LogP contribution < -0.4 is 20.1 Å². The van der Waals surface area contributed by atoms with Gasteiger partial charge >= 0.3 is 6.18 Å². The van der Waals surface area contributed by atoms with Crippen LogP contribution in [0, 0.1) is 17.3 Å². The Labute approximate surface area is 255 Å². The van der Waals surface area contributed by atoms with Crippen LogP contribution >= 0.6 is 0 Å². The van der Waals surface area contributed by atoms with Gasteiger partial charge in [0.05, 0.1) is 17.6 Å². The quantitative estimate of drug-likeness (QED) is 0.166. The number of amides is 1. The zero-order valence-corrected chi connectivity index (χ0v) is 25.3. The standard InChI is InChI=1S/C29H35F4N7O3S/c1-27(2)17-19(5-4-14-34)18-39(27)25-20(26(41)38-44(42)24-7-3-6-21(30)35-24)8-9-22(36-25)40-15-10-23(37-40)43-16-13-28(11-12-28)29(31,32)33/h3,6-10,15,19H,4-5,11-14,16-18,34H2,1-2H3,(H,38,41). The molecule has 3 N–H and O–H groups in total. The maximum atomic E-state index is 13.6. The first-order chi connectivity index (χ1) is 20.8. The molecule has 2 atom stereocenters. The van der Waals surface area contributed by atoms with E-state index in [1.165, 1.54) is 28.9 Å². The van der Waals surface area contributed by atoms with Crippen molar-refractivity contribution >= 4 is 23.1 Å². The maximum absolute atomic E-state index is 13.6. The van der Waals surface area contributed by atoms with E-state index in [9.17, 15) is 26.9 Å². The number of nitrogens with two attached hydrogens (primary N) is 1. The number of aromatic nitrogens is 4. The molecule has 4 heterocycles. The number of hydrogen-bond donors (Lipinski definition) is 2. The number of ether oxygens (including phenoxy) is 1. The van der Waals surface area contributed by atoms with Crippen LogP contribution in [0.25, 0.3) is 5.82 Å². The third-order valence-corrected chi connectivity index (χ3v) is 9.26. The molecule has 1 amide bonds. The first-order valence-corrected chi connectivity index (χ1v) is 15.6. The second kappa shape index (κ2) is 12.5. The first-order valence-electron chi connectivity index (χ1n) is 14.4. The van der Waals surface area contributed by atoms with E-state index in [0.717, 1.165) is 25.3 Å².